The molecule has 0 radical (unpaired) electrons. The molecule has 1 rings (SSSR count). The zero-order valence-corrected chi connectivity index (χ0v) is 29.5. The molecule has 0 N–H and O–H groups in total. The molecule has 12 heteroatoms. The van der Waals surface area contributed by atoms with E-state index in [9.17, 15) is 14.4 Å². The van der Waals surface area contributed by atoms with Crippen LogP contribution >= 0.6 is 34.8 Å². The lowest BCUT2D eigenvalue weighted by Gasteiger charge is -2.38. The van der Waals surface area contributed by atoms with Crippen LogP contribution in [0.25, 0.3) is 0 Å². The third-order valence-electron chi connectivity index (χ3n) is 6.66. The number of alkyl halides is 3. The highest BCUT2D eigenvalue weighted by Gasteiger charge is 2.38. The Morgan fingerprint density at radius 3 is 2.12 bits per heavy atom. The lowest BCUT2D eigenvalue weighted by Crippen LogP contribution is -2.43. The summed E-state index contributed by atoms with van der Waals surface area (Å²) in [6.45, 7) is 15.9. The fourth-order valence-electron chi connectivity index (χ4n) is 3.41. The second kappa shape index (κ2) is 18.2. The van der Waals surface area contributed by atoms with Crippen LogP contribution in [0.15, 0.2) is 54.6 Å². The van der Waals surface area contributed by atoms with Gasteiger partial charge in [-0.25, -0.2) is 9.59 Å². The summed E-state index contributed by atoms with van der Waals surface area (Å²) in [4.78, 5) is 37.0. The Morgan fingerprint density at radius 1 is 0.907 bits per heavy atom. The molecule has 0 aliphatic carbocycles. The average Bonchev–Trinajstić information content (AvgIpc) is 2.86. The van der Waals surface area contributed by atoms with Crippen molar-refractivity contribution in [2.45, 2.75) is 107 Å². The van der Waals surface area contributed by atoms with Crippen molar-refractivity contribution in [1.29, 1.82) is 0 Å². The number of ether oxygens (including phenoxy) is 4. The van der Waals surface area contributed by atoms with Crippen molar-refractivity contribution in [3.05, 3.63) is 60.2 Å². The van der Waals surface area contributed by atoms with Gasteiger partial charge in [-0.1, -0.05) is 92.0 Å². The van der Waals surface area contributed by atoms with E-state index in [1.165, 1.54) is 12.2 Å². The van der Waals surface area contributed by atoms with Gasteiger partial charge in [0.25, 0.3) is 0 Å². The fraction of sp³-hybridized carbons (Fsp3) is 0.581. The van der Waals surface area contributed by atoms with Gasteiger partial charge in [-0.15, -0.1) is 0 Å². The fourth-order valence-corrected chi connectivity index (χ4v) is 5.03. The van der Waals surface area contributed by atoms with Gasteiger partial charge in [0.05, 0.1) is 13.0 Å². The van der Waals surface area contributed by atoms with E-state index in [1.807, 2.05) is 37.3 Å². The largest absolute Gasteiger partial charge is 0.459 e. The van der Waals surface area contributed by atoms with E-state index in [4.69, 9.17) is 58.2 Å². The van der Waals surface area contributed by atoms with E-state index in [0.717, 1.165) is 11.6 Å². The minimum atomic E-state index is -1.91. The van der Waals surface area contributed by atoms with E-state index in [-0.39, 0.29) is 24.2 Å². The van der Waals surface area contributed by atoms with E-state index >= 15 is 0 Å². The first-order chi connectivity index (χ1) is 19.8. The molecule has 4 atom stereocenters. The smallest absolute Gasteiger partial charge is 0.330 e. The molecular formula is C31H45Cl3O8Si. The predicted molar refractivity (Wildman–Crippen MR) is 173 cm³/mol. The maximum atomic E-state index is 12.6. The number of hydrogen-bond acceptors (Lipinski definition) is 8. The Hall–Kier alpha value is -1.88. The van der Waals surface area contributed by atoms with Crippen molar-refractivity contribution in [1.82, 2.24) is 0 Å². The summed E-state index contributed by atoms with van der Waals surface area (Å²) in [7, 11) is -1.91. The molecule has 0 aliphatic rings. The van der Waals surface area contributed by atoms with Crippen molar-refractivity contribution in [3.63, 3.8) is 0 Å². The van der Waals surface area contributed by atoms with Crippen molar-refractivity contribution >= 4 is 61.0 Å². The molecule has 0 spiro atoms. The van der Waals surface area contributed by atoms with Crippen molar-refractivity contribution < 1.29 is 37.8 Å². The first-order valence-electron chi connectivity index (χ1n) is 14.1. The third-order valence-corrected chi connectivity index (χ3v) is 11.6. The number of carbonyl (C=O) groups excluding carboxylic acids is 3. The van der Waals surface area contributed by atoms with E-state index in [1.54, 1.807) is 19.9 Å². The van der Waals surface area contributed by atoms with Crippen LogP contribution in [-0.4, -0.2) is 61.0 Å². The zero-order chi connectivity index (χ0) is 32.8. The molecule has 0 saturated carbocycles. The number of halogens is 3. The van der Waals surface area contributed by atoms with Crippen LogP contribution in [-0.2, 0) is 44.4 Å². The Balaban J connectivity index is 2.67. The van der Waals surface area contributed by atoms with Gasteiger partial charge in [-0.05, 0) is 57.0 Å². The molecule has 0 saturated heterocycles. The molecule has 0 aromatic heterocycles. The van der Waals surface area contributed by atoms with Gasteiger partial charge < -0.3 is 23.4 Å². The summed E-state index contributed by atoms with van der Waals surface area (Å²) >= 11 is 16.9. The van der Waals surface area contributed by atoms with Gasteiger partial charge in [0.1, 0.15) is 24.9 Å². The summed E-state index contributed by atoms with van der Waals surface area (Å²) in [5, 5.41) is 0.0918. The van der Waals surface area contributed by atoms with Crippen LogP contribution in [0.3, 0.4) is 0 Å². The molecule has 0 amide bonds. The highest BCUT2D eigenvalue weighted by atomic mass is 35.6. The highest BCUT2D eigenvalue weighted by Crippen LogP contribution is 2.37. The Labute approximate surface area is 272 Å². The van der Waals surface area contributed by atoms with E-state index in [0.29, 0.717) is 6.42 Å². The maximum Gasteiger partial charge on any atom is 0.330 e. The van der Waals surface area contributed by atoms with Crippen LogP contribution in [0.2, 0.25) is 18.1 Å². The zero-order valence-electron chi connectivity index (χ0n) is 26.2. The lowest BCUT2D eigenvalue weighted by molar-refractivity contribution is -0.159. The molecular weight excluding hydrogens is 635 g/mol. The molecule has 0 heterocycles. The highest BCUT2D eigenvalue weighted by molar-refractivity contribution is 6.74. The monoisotopic (exact) mass is 678 g/mol. The number of hydrogen-bond donors (Lipinski definition) is 0. The molecule has 0 fully saturated rings. The third kappa shape index (κ3) is 17.3. The van der Waals surface area contributed by atoms with Crippen molar-refractivity contribution in [3.8, 4) is 0 Å². The molecule has 242 valence electrons. The van der Waals surface area contributed by atoms with Gasteiger partial charge in [0.15, 0.2) is 8.32 Å². The normalized spacial score (nSPS) is 15.6. The van der Waals surface area contributed by atoms with Crippen LogP contribution in [0.5, 0.6) is 0 Å². The standard InChI is InChI=1S/C31H45Cl3O8Si/c1-22(42-43(7,8)30(4,5)6)13-12-16-28(36)40-23(2)19-29(37)41-24(3)26(38-20-25-14-10-9-11-15-25)17-18-27(35)39-21-31(32,33)34/h9-12,14-18,22-24,26H,13,19-21H2,1-8H3/b16-12+,18-17+/t22-,23-,24-,26+/m0/s1. The second-order valence-electron chi connectivity index (χ2n) is 11.8. The quantitative estimate of drug-likeness (QED) is 0.0578. The molecule has 0 aliphatic heterocycles. The molecule has 1 aromatic carbocycles. The molecule has 0 unspecified atom stereocenters. The first-order valence-corrected chi connectivity index (χ1v) is 18.1. The summed E-state index contributed by atoms with van der Waals surface area (Å²) in [6, 6.07) is 9.35. The lowest BCUT2D eigenvalue weighted by atomic mass is 10.2. The van der Waals surface area contributed by atoms with Crippen LogP contribution in [0.1, 0.15) is 59.9 Å². The Morgan fingerprint density at radius 2 is 1.53 bits per heavy atom. The van der Waals surface area contributed by atoms with E-state index < -0.39 is 54.9 Å². The van der Waals surface area contributed by atoms with Crippen LogP contribution in [0.4, 0.5) is 0 Å². The van der Waals surface area contributed by atoms with Crippen LogP contribution < -0.4 is 0 Å². The van der Waals surface area contributed by atoms with Gasteiger partial charge >= 0.3 is 17.9 Å². The minimum absolute atomic E-state index is 0.0404. The molecule has 8 nitrogen and oxygen atoms in total. The summed E-state index contributed by atoms with van der Waals surface area (Å²) in [5.74, 6) is -1.92. The molecule has 0 bridgehead atoms. The van der Waals surface area contributed by atoms with E-state index in [2.05, 4.69) is 33.9 Å². The van der Waals surface area contributed by atoms with Gasteiger partial charge in [0.2, 0.25) is 3.79 Å². The van der Waals surface area contributed by atoms with Crippen molar-refractivity contribution in [2.24, 2.45) is 0 Å². The van der Waals surface area contributed by atoms with Gasteiger partial charge in [-0.3, -0.25) is 4.79 Å². The predicted octanol–water partition coefficient (Wildman–Crippen LogP) is 7.65. The SMILES string of the molecule is C[C@H](OC(=O)C[C@H](C)OC(=O)/C=C/C[C@H](C)O[Si](C)(C)C(C)(C)C)[C@@H](/C=C/C(=O)OCC(Cl)(Cl)Cl)OCc1ccccc1. The summed E-state index contributed by atoms with van der Waals surface area (Å²) in [6.07, 6.45) is 3.61. The Kier molecular flexibility index (Phi) is 16.5. The summed E-state index contributed by atoms with van der Waals surface area (Å²) < 4.78 is 26.2. The number of benzene rings is 1. The number of rotatable bonds is 16. The minimum Gasteiger partial charge on any atom is -0.459 e. The maximum absolute atomic E-state index is 12.6. The Bertz CT molecular complexity index is 1080. The molecule has 43 heavy (non-hydrogen) atoms. The summed E-state index contributed by atoms with van der Waals surface area (Å²) in [5.41, 5.74) is 0.882. The first kappa shape index (κ1) is 39.1. The van der Waals surface area contributed by atoms with Gasteiger partial charge in [0, 0.05) is 18.3 Å². The van der Waals surface area contributed by atoms with Crippen molar-refractivity contribution in [2.75, 3.05) is 6.61 Å². The van der Waals surface area contributed by atoms with Crippen LogP contribution in [0, 0.1) is 0 Å². The number of carbonyl (C=O) groups is 3. The average molecular weight is 680 g/mol. The molecule has 1 aromatic rings. The topological polar surface area (TPSA) is 97.4 Å². The van der Waals surface area contributed by atoms with Gasteiger partial charge in [-0.2, -0.15) is 0 Å². The number of esters is 3. The second-order valence-corrected chi connectivity index (χ2v) is 19.1.